The van der Waals surface area contributed by atoms with Crippen LogP contribution in [0.1, 0.15) is 16.3 Å². The minimum atomic E-state index is -1.10. The SMILES string of the molecule is O=C(O)c1coc(N2CCn3cnnc3C2)n1. The lowest BCUT2D eigenvalue weighted by molar-refractivity contribution is 0.0690. The lowest BCUT2D eigenvalue weighted by atomic mass is 10.4. The third kappa shape index (κ3) is 1.63. The van der Waals surface area contributed by atoms with E-state index in [0.29, 0.717) is 19.1 Å². The Morgan fingerprint density at radius 3 is 3.12 bits per heavy atom. The molecule has 0 saturated heterocycles. The van der Waals surface area contributed by atoms with Crippen molar-refractivity contribution < 1.29 is 14.3 Å². The molecule has 2 aromatic heterocycles. The van der Waals surface area contributed by atoms with Crippen molar-refractivity contribution in [1.82, 2.24) is 19.7 Å². The Kier molecular flexibility index (Phi) is 2.07. The lowest BCUT2D eigenvalue weighted by Gasteiger charge is -2.25. The van der Waals surface area contributed by atoms with Crippen molar-refractivity contribution in [3.8, 4) is 0 Å². The molecule has 0 saturated carbocycles. The van der Waals surface area contributed by atoms with Gasteiger partial charge in [-0.05, 0) is 0 Å². The van der Waals surface area contributed by atoms with Crippen LogP contribution in [0.15, 0.2) is 17.0 Å². The molecule has 0 aliphatic carbocycles. The van der Waals surface area contributed by atoms with Crippen LogP contribution in [0.3, 0.4) is 0 Å². The molecule has 0 radical (unpaired) electrons. The predicted octanol–water partition coefficient (Wildman–Crippen LogP) is -0.0155. The molecule has 3 heterocycles. The molecule has 0 bridgehead atoms. The summed E-state index contributed by atoms with van der Waals surface area (Å²) in [4.78, 5) is 16.4. The monoisotopic (exact) mass is 235 g/mol. The number of carboxylic acid groups (broad SMARTS) is 1. The largest absolute Gasteiger partial charge is 0.476 e. The molecule has 0 fully saturated rings. The van der Waals surface area contributed by atoms with E-state index in [1.807, 2.05) is 9.47 Å². The van der Waals surface area contributed by atoms with Crippen molar-refractivity contribution in [3.05, 3.63) is 24.1 Å². The van der Waals surface area contributed by atoms with Crippen molar-refractivity contribution >= 4 is 12.0 Å². The van der Waals surface area contributed by atoms with Crippen LogP contribution in [-0.2, 0) is 13.1 Å². The summed E-state index contributed by atoms with van der Waals surface area (Å²) in [7, 11) is 0. The summed E-state index contributed by atoms with van der Waals surface area (Å²) >= 11 is 0. The quantitative estimate of drug-likeness (QED) is 0.781. The zero-order valence-electron chi connectivity index (χ0n) is 8.78. The maximum absolute atomic E-state index is 10.7. The van der Waals surface area contributed by atoms with Crippen molar-refractivity contribution in [2.45, 2.75) is 13.1 Å². The summed E-state index contributed by atoms with van der Waals surface area (Å²) in [5, 5.41) is 16.5. The van der Waals surface area contributed by atoms with Gasteiger partial charge in [-0.3, -0.25) is 0 Å². The van der Waals surface area contributed by atoms with E-state index >= 15 is 0 Å². The maximum Gasteiger partial charge on any atom is 0.357 e. The first-order valence-electron chi connectivity index (χ1n) is 5.04. The Morgan fingerprint density at radius 2 is 2.35 bits per heavy atom. The minimum Gasteiger partial charge on any atom is -0.476 e. The molecule has 0 amide bonds. The summed E-state index contributed by atoms with van der Waals surface area (Å²) in [5.74, 6) is -0.286. The number of anilines is 1. The zero-order chi connectivity index (χ0) is 11.8. The van der Waals surface area contributed by atoms with Gasteiger partial charge in [-0.25, -0.2) is 4.79 Å². The third-order valence-corrected chi connectivity index (χ3v) is 2.62. The van der Waals surface area contributed by atoms with E-state index < -0.39 is 5.97 Å². The van der Waals surface area contributed by atoms with Crippen LogP contribution < -0.4 is 4.90 Å². The summed E-state index contributed by atoms with van der Waals surface area (Å²) in [6, 6.07) is 0.302. The van der Waals surface area contributed by atoms with Crippen molar-refractivity contribution in [3.63, 3.8) is 0 Å². The Labute approximate surface area is 95.5 Å². The van der Waals surface area contributed by atoms with Gasteiger partial charge in [0.25, 0.3) is 6.01 Å². The van der Waals surface area contributed by atoms with E-state index in [9.17, 15) is 4.79 Å². The maximum atomic E-state index is 10.7. The van der Waals surface area contributed by atoms with Crippen LogP contribution in [0.2, 0.25) is 0 Å². The summed E-state index contributed by atoms with van der Waals surface area (Å²) in [5.41, 5.74) is -0.0907. The van der Waals surface area contributed by atoms with E-state index in [0.717, 1.165) is 18.6 Å². The van der Waals surface area contributed by atoms with E-state index in [-0.39, 0.29) is 5.69 Å². The van der Waals surface area contributed by atoms with Gasteiger partial charge in [0.05, 0.1) is 6.54 Å². The number of fused-ring (bicyclic) bond motifs is 1. The van der Waals surface area contributed by atoms with Crippen LogP contribution in [0.5, 0.6) is 0 Å². The molecule has 1 aliphatic heterocycles. The topological polar surface area (TPSA) is 97.3 Å². The Bertz CT molecular complexity index is 560. The first-order chi connectivity index (χ1) is 8.24. The van der Waals surface area contributed by atoms with Gasteiger partial charge in [-0.2, -0.15) is 4.98 Å². The van der Waals surface area contributed by atoms with E-state index in [2.05, 4.69) is 15.2 Å². The summed E-state index contributed by atoms with van der Waals surface area (Å²) < 4.78 is 7.08. The molecule has 2 aromatic rings. The number of hydrogen-bond donors (Lipinski definition) is 1. The Morgan fingerprint density at radius 1 is 1.47 bits per heavy atom. The molecule has 1 aliphatic rings. The number of hydrogen-bond acceptors (Lipinski definition) is 6. The second-order valence-corrected chi connectivity index (χ2v) is 3.68. The number of carbonyl (C=O) groups is 1. The number of carboxylic acids is 1. The highest BCUT2D eigenvalue weighted by atomic mass is 16.4. The normalized spacial score (nSPS) is 14.7. The average Bonchev–Trinajstić information content (AvgIpc) is 2.97. The van der Waals surface area contributed by atoms with Crippen LogP contribution >= 0.6 is 0 Å². The van der Waals surface area contributed by atoms with Gasteiger partial charge in [0, 0.05) is 13.1 Å². The number of aromatic nitrogens is 4. The standard InChI is InChI=1S/C9H9N5O3/c15-8(16)6-4-17-9(11-6)13-1-2-14-5-10-12-7(14)3-13/h4-5H,1-3H2,(H,15,16). The molecule has 1 N–H and O–H groups in total. The van der Waals surface area contributed by atoms with Crippen molar-refractivity contribution in [1.29, 1.82) is 0 Å². The number of aromatic carboxylic acids is 1. The lowest BCUT2D eigenvalue weighted by Crippen LogP contribution is -2.33. The molecule has 8 nitrogen and oxygen atoms in total. The van der Waals surface area contributed by atoms with Crippen molar-refractivity contribution in [2.24, 2.45) is 0 Å². The van der Waals surface area contributed by atoms with E-state index in [1.165, 1.54) is 0 Å². The van der Waals surface area contributed by atoms with Crippen LogP contribution in [0.4, 0.5) is 6.01 Å². The smallest absolute Gasteiger partial charge is 0.357 e. The molecule has 3 rings (SSSR count). The summed E-state index contributed by atoms with van der Waals surface area (Å²) in [6.45, 7) is 1.93. The average molecular weight is 235 g/mol. The second kappa shape index (κ2) is 3.58. The van der Waals surface area contributed by atoms with Gasteiger partial charge < -0.3 is 19.0 Å². The fourth-order valence-corrected chi connectivity index (χ4v) is 1.74. The van der Waals surface area contributed by atoms with Gasteiger partial charge in [-0.15, -0.1) is 10.2 Å². The second-order valence-electron chi connectivity index (χ2n) is 3.68. The Hall–Kier alpha value is -2.38. The molecular weight excluding hydrogens is 226 g/mol. The fraction of sp³-hybridized carbons (Fsp3) is 0.333. The highest BCUT2D eigenvalue weighted by molar-refractivity contribution is 5.85. The van der Waals surface area contributed by atoms with Gasteiger partial charge in [0.15, 0.2) is 11.5 Å². The molecule has 0 unspecified atom stereocenters. The highest BCUT2D eigenvalue weighted by Crippen LogP contribution is 2.18. The van der Waals surface area contributed by atoms with Crippen molar-refractivity contribution in [2.75, 3.05) is 11.4 Å². The van der Waals surface area contributed by atoms with Gasteiger partial charge in [0.2, 0.25) is 0 Å². The Balaban J connectivity index is 1.84. The van der Waals surface area contributed by atoms with Crippen LogP contribution in [-0.4, -0.2) is 37.4 Å². The molecule has 8 heteroatoms. The highest BCUT2D eigenvalue weighted by Gasteiger charge is 2.22. The first kappa shape index (κ1) is 9.82. The van der Waals surface area contributed by atoms with Crippen LogP contribution in [0, 0.1) is 0 Å². The fourth-order valence-electron chi connectivity index (χ4n) is 1.74. The molecule has 17 heavy (non-hydrogen) atoms. The first-order valence-corrected chi connectivity index (χ1v) is 5.04. The predicted molar refractivity (Wildman–Crippen MR) is 54.5 cm³/mol. The van der Waals surface area contributed by atoms with Gasteiger partial charge in [-0.1, -0.05) is 0 Å². The molecule has 88 valence electrons. The van der Waals surface area contributed by atoms with Gasteiger partial charge in [0.1, 0.15) is 12.6 Å². The number of oxazole rings is 1. The summed E-state index contributed by atoms with van der Waals surface area (Å²) in [6.07, 6.45) is 2.81. The van der Waals surface area contributed by atoms with Crippen LogP contribution in [0.25, 0.3) is 0 Å². The van der Waals surface area contributed by atoms with E-state index in [1.54, 1.807) is 6.33 Å². The molecule has 0 atom stereocenters. The minimum absolute atomic E-state index is 0.0907. The number of nitrogens with zero attached hydrogens (tertiary/aromatic N) is 5. The number of rotatable bonds is 2. The van der Waals surface area contributed by atoms with Gasteiger partial charge >= 0.3 is 5.97 Å². The molecular formula is C9H9N5O3. The third-order valence-electron chi connectivity index (χ3n) is 2.62. The molecule has 0 spiro atoms. The van der Waals surface area contributed by atoms with E-state index in [4.69, 9.17) is 9.52 Å². The zero-order valence-corrected chi connectivity index (χ0v) is 8.78. The molecule has 0 aromatic carbocycles.